The van der Waals surface area contributed by atoms with Crippen LogP contribution in [0.4, 0.5) is 0 Å². The van der Waals surface area contributed by atoms with Gasteiger partial charge in [0.05, 0.1) is 19.3 Å². The van der Waals surface area contributed by atoms with Crippen molar-refractivity contribution in [2.45, 2.75) is 109 Å². The molecule has 4 nitrogen and oxygen atoms in total. The van der Waals surface area contributed by atoms with Crippen LogP contribution < -0.4 is 0 Å². The first-order valence-electron chi connectivity index (χ1n) is 11.2. The lowest BCUT2D eigenvalue weighted by Gasteiger charge is -2.44. The van der Waals surface area contributed by atoms with E-state index in [4.69, 9.17) is 20.0 Å². The third-order valence-corrected chi connectivity index (χ3v) is 15.5. The standard InChI is InChI=1S/C25H46O4Si2/c1-13-14-15-16-18-21(28-30(9,10)24(2,3)4)22(19-17-20-23(26)27-8)29-31(11,12)25(5,6)7/h1,14-16,18,21-22H,17,19-20H2,2-12H3/b15-14+,18-16+/t21-,22+/m1/s1. The van der Waals surface area contributed by atoms with E-state index in [0.29, 0.717) is 12.8 Å². The fraction of sp³-hybridized carbons (Fsp3) is 0.720. The molecule has 0 unspecified atom stereocenters. The topological polar surface area (TPSA) is 44.8 Å². The van der Waals surface area contributed by atoms with Gasteiger partial charge < -0.3 is 13.6 Å². The molecule has 0 saturated carbocycles. The molecule has 31 heavy (non-hydrogen) atoms. The van der Waals surface area contributed by atoms with Crippen LogP contribution in [0.3, 0.4) is 0 Å². The summed E-state index contributed by atoms with van der Waals surface area (Å²) in [6.07, 6.45) is 14.3. The van der Waals surface area contributed by atoms with E-state index >= 15 is 0 Å². The molecular weight excluding hydrogens is 420 g/mol. The highest BCUT2D eigenvalue weighted by molar-refractivity contribution is 6.74. The van der Waals surface area contributed by atoms with E-state index in [1.54, 1.807) is 6.08 Å². The Labute approximate surface area is 194 Å². The first-order valence-corrected chi connectivity index (χ1v) is 17.0. The average Bonchev–Trinajstić information content (AvgIpc) is 2.61. The SMILES string of the molecule is C#C/C=C/C=C/[C@@H](O[Si](C)(C)C(C)(C)C)[C@H](CCCC(=O)OC)O[Si](C)(C)C(C)(C)C. The molecule has 0 fully saturated rings. The number of methoxy groups -OCH3 is 1. The molecular formula is C25H46O4Si2. The lowest BCUT2D eigenvalue weighted by molar-refractivity contribution is -0.140. The summed E-state index contributed by atoms with van der Waals surface area (Å²) in [7, 11) is -2.69. The molecule has 0 radical (unpaired) electrons. The van der Waals surface area contributed by atoms with Crippen molar-refractivity contribution in [1.29, 1.82) is 0 Å². The minimum atomic E-state index is -2.06. The highest BCUT2D eigenvalue weighted by Crippen LogP contribution is 2.41. The van der Waals surface area contributed by atoms with Crippen molar-refractivity contribution < 1.29 is 18.4 Å². The predicted molar refractivity (Wildman–Crippen MR) is 137 cm³/mol. The molecule has 0 amide bonds. The van der Waals surface area contributed by atoms with Crippen LogP contribution in [0.1, 0.15) is 60.8 Å². The number of ether oxygens (including phenoxy) is 1. The van der Waals surface area contributed by atoms with Crippen LogP contribution in [0.2, 0.25) is 36.3 Å². The van der Waals surface area contributed by atoms with Gasteiger partial charge in [0.2, 0.25) is 0 Å². The summed E-state index contributed by atoms with van der Waals surface area (Å²) in [5, 5.41) is 0.142. The molecule has 0 spiro atoms. The van der Waals surface area contributed by atoms with Crippen molar-refractivity contribution in [2.75, 3.05) is 7.11 Å². The summed E-state index contributed by atoms with van der Waals surface area (Å²) in [6.45, 7) is 22.4. The minimum Gasteiger partial charge on any atom is -0.469 e. The number of rotatable bonds is 11. The molecule has 0 heterocycles. The third-order valence-electron chi connectivity index (χ3n) is 6.56. The Morgan fingerprint density at radius 3 is 1.94 bits per heavy atom. The molecule has 0 aromatic rings. The summed E-state index contributed by atoms with van der Waals surface area (Å²) in [5.74, 6) is 2.32. The van der Waals surface area contributed by atoms with Gasteiger partial charge in [0, 0.05) is 6.42 Å². The van der Waals surface area contributed by atoms with Gasteiger partial charge in [0.1, 0.15) is 0 Å². The first-order chi connectivity index (χ1) is 14.0. The van der Waals surface area contributed by atoms with Crippen LogP contribution >= 0.6 is 0 Å². The van der Waals surface area contributed by atoms with Crippen molar-refractivity contribution in [3.8, 4) is 12.3 Å². The van der Waals surface area contributed by atoms with Crippen LogP contribution in [0.5, 0.6) is 0 Å². The maximum atomic E-state index is 11.7. The number of hydrogen-bond donors (Lipinski definition) is 0. The predicted octanol–water partition coefficient (Wildman–Crippen LogP) is 6.86. The number of allylic oxidation sites excluding steroid dienone is 3. The molecule has 0 aromatic carbocycles. The molecule has 0 aromatic heterocycles. The second-order valence-corrected chi connectivity index (χ2v) is 20.7. The zero-order valence-corrected chi connectivity index (χ0v) is 23.8. The monoisotopic (exact) mass is 466 g/mol. The largest absolute Gasteiger partial charge is 0.469 e. The van der Waals surface area contributed by atoms with E-state index in [1.807, 2.05) is 12.2 Å². The number of carbonyl (C=O) groups excluding carboxylic acids is 1. The Hall–Kier alpha value is -1.14. The van der Waals surface area contributed by atoms with Crippen LogP contribution in [-0.4, -0.2) is 41.9 Å². The summed E-state index contributed by atoms with van der Waals surface area (Å²) in [6, 6.07) is 0. The Bertz CT molecular complexity index is 658. The normalized spacial score (nSPS) is 15.8. The van der Waals surface area contributed by atoms with Gasteiger partial charge in [-0.05, 0) is 55.2 Å². The van der Waals surface area contributed by atoms with Gasteiger partial charge in [-0.1, -0.05) is 65.7 Å². The quantitative estimate of drug-likeness (QED) is 0.144. The van der Waals surface area contributed by atoms with E-state index in [0.717, 1.165) is 6.42 Å². The van der Waals surface area contributed by atoms with Gasteiger partial charge in [0.15, 0.2) is 16.6 Å². The Morgan fingerprint density at radius 2 is 1.48 bits per heavy atom. The Balaban J connectivity index is 6.01. The molecule has 0 aliphatic heterocycles. The summed E-state index contributed by atoms with van der Waals surface area (Å²) in [5.41, 5.74) is 0. The maximum absolute atomic E-state index is 11.7. The molecule has 0 rings (SSSR count). The van der Waals surface area contributed by atoms with Gasteiger partial charge in [-0.25, -0.2) is 0 Å². The molecule has 6 heteroatoms. The average molecular weight is 467 g/mol. The summed E-state index contributed by atoms with van der Waals surface area (Å²) in [4.78, 5) is 11.7. The van der Waals surface area contributed by atoms with E-state index in [-0.39, 0.29) is 28.3 Å². The van der Waals surface area contributed by atoms with Crippen LogP contribution in [0.15, 0.2) is 24.3 Å². The van der Waals surface area contributed by atoms with E-state index in [1.165, 1.54) is 7.11 Å². The number of carbonyl (C=O) groups is 1. The van der Waals surface area contributed by atoms with Crippen molar-refractivity contribution in [3.05, 3.63) is 24.3 Å². The van der Waals surface area contributed by atoms with Crippen molar-refractivity contribution in [1.82, 2.24) is 0 Å². The van der Waals surface area contributed by atoms with E-state index < -0.39 is 16.6 Å². The van der Waals surface area contributed by atoms with Gasteiger partial charge in [0.25, 0.3) is 0 Å². The molecule has 0 saturated heterocycles. The number of esters is 1. The molecule has 0 aliphatic rings. The van der Waals surface area contributed by atoms with Crippen LogP contribution in [-0.2, 0) is 18.4 Å². The van der Waals surface area contributed by atoms with E-state index in [9.17, 15) is 4.79 Å². The Kier molecular flexibility index (Phi) is 11.7. The smallest absolute Gasteiger partial charge is 0.305 e. The maximum Gasteiger partial charge on any atom is 0.305 e. The highest BCUT2D eigenvalue weighted by Gasteiger charge is 2.44. The fourth-order valence-electron chi connectivity index (χ4n) is 2.44. The van der Waals surface area contributed by atoms with Crippen molar-refractivity contribution in [2.24, 2.45) is 0 Å². The summed E-state index contributed by atoms with van der Waals surface area (Å²) < 4.78 is 18.5. The first kappa shape index (κ1) is 29.9. The second kappa shape index (κ2) is 12.2. The summed E-state index contributed by atoms with van der Waals surface area (Å²) >= 11 is 0. The van der Waals surface area contributed by atoms with Gasteiger partial charge >= 0.3 is 5.97 Å². The lowest BCUT2D eigenvalue weighted by Crippen LogP contribution is -2.51. The molecule has 0 bridgehead atoms. The second-order valence-electron chi connectivity index (χ2n) is 11.1. The van der Waals surface area contributed by atoms with Crippen LogP contribution in [0.25, 0.3) is 0 Å². The number of hydrogen-bond acceptors (Lipinski definition) is 4. The third kappa shape index (κ3) is 10.3. The van der Waals surface area contributed by atoms with Crippen molar-refractivity contribution >= 4 is 22.6 Å². The zero-order chi connectivity index (χ0) is 24.5. The zero-order valence-electron chi connectivity index (χ0n) is 21.8. The molecule has 0 aliphatic carbocycles. The molecule has 2 atom stereocenters. The fourth-order valence-corrected chi connectivity index (χ4v) is 5.06. The van der Waals surface area contributed by atoms with Gasteiger partial charge in [-0.15, -0.1) is 6.42 Å². The van der Waals surface area contributed by atoms with Crippen LogP contribution in [0, 0.1) is 12.3 Å². The lowest BCUT2D eigenvalue weighted by atomic mass is 10.1. The van der Waals surface area contributed by atoms with Gasteiger partial charge in [-0.3, -0.25) is 4.79 Å². The molecule has 0 N–H and O–H groups in total. The molecule has 178 valence electrons. The number of terminal acetylenes is 1. The van der Waals surface area contributed by atoms with E-state index in [2.05, 4.69) is 79.7 Å². The minimum absolute atomic E-state index is 0.0707. The van der Waals surface area contributed by atoms with Crippen molar-refractivity contribution in [3.63, 3.8) is 0 Å². The Morgan fingerprint density at radius 1 is 0.968 bits per heavy atom. The van der Waals surface area contributed by atoms with Gasteiger partial charge in [-0.2, -0.15) is 0 Å². The highest BCUT2D eigenvalue weighted by atomic mass is 28.4.